The summed E-state index contributed by atoms with van der Waals surface area (Å²) in [6, 6.07) is 1.73. The molecule has 0 amide bonds. The van der Waals surface area contributed by atoms with E-state index in [1.165, 1.54) is 6.92 Å². The van der Waals surface area contributed by atoms with Crippen LogP contribution in [0.1, 0.15) is 29.7 Å². The van der Waals surface area contributed by atoms with E-state index in [9.17, 15) is 17.6 Å². The minimum atomic E-state index is -4.57. The van der Waals surface area contributed by atoms with Crippen LogP contribution in [0.5, 0.6) is 0 Å². The number of aliphatic hydroxyl groups is 1. The van der Waals surface area contributed by atoms with Crippen LogP contribution in [0.2, 0.25) is 0 Å². The summed E-state index contributed by atoms with van der Waals surface area (Å²) in [4.78, 5) is 0. The topological polar surface area (TPSA) is 20.2 Å². The van der Waals surface area contributed by atoms with Crippen molar-refractivity contribution in [1.82, 2.24) is 0 Å². The molecule has 0 saturated heterocycles. The van der Waals surface area contributed by atoms with Gasteiger partial charge in [0.1, 0.15) is 5.82 Å². The summed E-state index contributed by atoms with van der Waals surface area (Å²) in [5.41, 5.74) is -1.62. The van der Waals surface area contributed by atoms with Gasteiger partial charge in [-0.2, -0.15) is 13.2 Å². The predicted octanol–water partition coefficient (Wildman–Crippen LogP) is 3.21. The SMILES string of the molecule is Cc1c(C(F)(F)F)ccc(C(C)O)c1F. The van der Waals surface area contributed by atoms with Gasteiger partial charge in [-0.15, -0.1) is 0 Å². The maximum Gasteiger partial charge on any atom is 0.416 e. The lowest BCUT2D eigenvalue weighted by Crippen LogP contribution is -2.10. The third-order valence-electron chi connectivity index (χ3n) is 2.17. The van der Waals surface area contributed by atoms with Crippen LogP contribution in [0.3, 0.4) is 0 Å². The van der Waals surface area contributed by atoms with Gasteiger partial charge in [-0.25, -0.2) is 4.39 Å². The smallest absolute Gasteiger partial charge is 0.389 e. The predicted molar refractivity (Wildman–Crippen MR) is 46.8 cm³/mol. The Kier molecular flexibility index (Phi) is 3.04. The van der Waals surface area contributed by atoms with E-state index in [1.54, 1.807) is 0 Å². The molecular weight excluding hydrogens is 212 g/mol. The van der Waals surface area contributed by atoms with Gasteiger partial charge in [0.05, 0.1) is 11.7 Å². The maximum atomic E-state index is 13.4. The van der Waals surface area contributed by atoms with Crippen LogP contribution in [-0.2, 0) is 6.18 Å². The highest BCUT2D eigenvalue weighted by molar-refractivity contribution is 5.35. The van der Waals surface area contributed by atoms with Crippen LogP contribution in [0.15, 0.2) is 12.1 Å². The largest absolute Gasteiger partial charge is 0.416 e. The molecule has 0 aromatic heterocycles. The molecule has 1 N–H and O–H groups in total. The number of rotatable bonds is 1. The number of alkyl halides is 3. The molecule has 1 rings (SSSR count). The van der Waals surface area contributed by atoms with Crippen molar-refractivity contribution in [3.05, 3.63) is 34.6 Å². The molecule has 1 aromatic rings. The van der Waals surface area contributed by atoms with Crippen LogP contribution in [0, 0.1) is 12.7 Å². The molecule has 0 spiro atoms. The number of hydrogen-bond donors (Lipinski definition) is 1. The molecule has 0 saturated carbocycles. The van der Waals surface area contributed by atoms with E-state index in [-0.39, 0.29) is 5.56 Å². The van der Waals surface area contributed by atoms with Crippen LogP contribution in [0.4, 0.5) is 17.6 Å². The number of aliphatic hydroxyl groups excluding tert-OH is 1. The summed E-state index contributed by atoms with van der Waals surface area (Å²) in [6.45, 7) is 2.34. The fraction of sp³-hybridized carbons (Fsp3) is 0.400. The molecule has 0 fully saturated rings. The zero-order chi connectivity index (χ0) is 11.8. The first-order valence-corrected chi connectivity index (χ1v) is 4.29. The van der Waals surface area contributed by atoms with Crippen molar-refractivity contribution < 1.29 is 22.7 Å². The van der Waals surface area contributed by atoms with Gasteiger partial charge in [-0.3, -0.25) is 0 Å². The Morgan fingerprint density at radius 1 is 1.27 bits per heavy atom. The third kappa shape index (κ3) is 2.28. The molecule has 0 bridgehead atoms. The van der Waals surface area contributed by atoms with Crippen LogP contribution in [-0.4, -0.2) is 5.11 Å². The summed E-state index contributed by atoms with van der Waals surface area (Å²) in [5, 5.41) is 9.10. The van der Waals surface area contributed by atoms with Crippen molar-refractivity contribution in [2.75, 3.05) is 0 Å². The Labute approximate surface area is 84.3 Å². The summed E-state index contributed by atoms with van der Waals surface area (Å²) in [6.07, 6.45) is -5.69. The molecule has 1 aromatic carbocycles. The monoisotopic (exact) mass is 222 g/mol. The van der Waals surface area contributed by atoms with Gasteiger partial charge in [-0.1, -0.05) is 6.07 Å². The van der Waals surface area contributed by atoms with Crippen LogP contribution >= 0.6 is 0 Å². The average Bonchev–Trinajstić information content (AvgIpc) is 2.06. The minimum Gasteiger partial charge on any atom is -0.389 e. The molecule has 1 atom stereocenters. The fourth-order valence-corrected chi connectivity index (χ4v) is 1.34. The van der Waals surface area contributed by atoms with Crippen molar-refractivity contribution in [3.63, 3.8) is 0 Å². The second kappa shape index (κ2) is 3.81. The first-order valence-electron chi connectivity index (χ1n) is 4.29. The highest BCUT2D eigenvalue weighted by Gasteiger charge is 2.34. The Bertz CT molecular complexity index is 368. The average molecular weight is 222 g/mol. The van der Waals surface area contributed by atoms with E-state index in [0.717, 1.165) is 19.1 Å². The first kappa shape index (κ1) is 12.0. The summed E-state index contributed by atoms with van der Waals surface area (Å²) in [5.74, 6) is -1.00. The summed E-state index contributed by atoms with van der Waals surface area (Å²) in [7, 11) is 0. The van der Waals surface area contributed by atoms with Gasteiger partial charge >= 0.3 is 6.18 Å². The molecule has 5 heteroatoms. The Hall–Kier alpha value is -1.10. The first-order chi connectivity index (χ1) is 6.75. The van der Waals surface area contributed by atoms with Gasteiger partial charge in [0.25, 0.3) is 0 Å². The third-order valence-corrected chi connectivity index (χ3v) is 2.17. The van der Waals surface area contributed by atoms with Crippen LogP contribution < -0.4 is 0 Å². The van der Waals surface area contributed by atoms with Crippen molar-refractivity contribution >= 4 is 0 Å². The molecule has 0 aliphatic carbocycles. The molecular formula is C10H10F4O. The second-order valence-corrected chi connectivity index (χ2v) is 3.32. The highest BCUT2D eigenvalue weighted by Crippen LogP contribution is 2.34. The lowest BCUT2D eigenvalue weighted by molar-refractivity contribution is -0.138. The van der Waals surface area contributed by atoms with Gasteiger partial charge in [0.15, 0.2) is 0 Å². The summed E-state index contributed by atoms with van der Waals surface area (Å²) < 4.78 is 50.4. The normalized spacial score (nSPS) is 14.1. The van der Waals surface area contributed by atoms with E-state index in [2.05, 4.69) is 0 Å². The maximum absolute atomic E-state index is 13.4. The van der Waals surface area contributed by atoms with E-state index in [1.807, 2.05) is 0 Å². The molecule has 0 radical (unpaired) electrons. The molecule has 1 nitrogen and oxygen atoms in total. The lowest BCUT2D eigenvalue weighted by Gasteiger charge is -2.14. The zero-order valence-electron chi connectivity index (χ0n) is 8.19. The van der Waals surface area contributed by atoms with Crippen molar-refractivity contribution in [1.29, 1.82) is 0 Å². The van der Waals surface area contributed by atoms with Crippen molar-refractivity contribution in [3.8, 4) is 0 Å². The Morgan fingerprint density at radius 2 is 1.80 bits per heavy atom. The van der Waals surface area contributed by atoms with Gasteiger partial charge in [0, 0.05) is 5.56 Å². The molecule has 0 aliphatic heterocycles. The van der Waals surface area contributed by atoms with E-state index < -0.39 is 29.2 Å². The van der Waals surface area contributed by atoms with E-state index >= 15 is 0 Å². The van der Waals surface area contributed by atoms with Crippen molar-refractivity contribution in [2.24, 2.45) is 0 Å². The minimum absolute atomic E-state index is 0.125. The molecule has 1 unspecified atom stereocenters. The van der Waals surface area contributed by atoms with Gasteiger partial charge in [0.2, 0.25) is 0 Å². The quantitative estimate of drug-likeness (QED) is 0.723. The Morgan fingerprint density at radius 3 is 2.20 bits per heavy atom. The number of halogens is 4. The molecule has 15 heavy (non-hydrogen) atoms. The van der Waals surface area contributed by atoms with Gasteiger partial charge in [-0.05, 0) is 25.5 Å². The standard InChI is InChI=1S/C10H10F4O/c1-5-8(10(12,13)14)4-3-7(6(2)15)9(5)11/h3-4,6,15H,1-2H3. The Balaban J connectivity index is 3.34. The van der Waals surface area contributed by atoms with Crippen LogP contribution in [0.25, 0.3) is 0 Å². The van der Waals surface area contributed by atoms with E-state index in [4.69, 9.17) is 5.11 Å². The zero-order valence-corrected chi connectivity index (χ0v) is 8.19. The fourth-order valence-electron chi connectivity index (χ4n) is 1.34. The number of benzene rings is 1. The lowest BCUT2D eigenvalue weighted by atomic mass is 10.0. The second-order valence-electron chi connectivity index (χ2n) is 3.32. The van der Waals surface area contributed by atoms with Gasteiger partial charge < -0.3 is 5.11 Å². The molecule has 84 valence electrons. The summed E-state index contributed by atoms with van der Waals surface area (Å²) >= 11 is 0. The van der Waals surface area contributed by atoms with E-state index in [0.29, 0.717) is 0 Å². The molecule has 0 aliphatic rings. The number of hydrogen-bond acceptors (Lipinski definition) is 1. The van der Waals surface area contributed by atoms with Crippen molar-refractivity contribution in [2.45, 2.75) is 26.1 Å². The molecule has 0 heterocycles. The highest BCUT2D eigenvalue weighted by atomic mass is 19.4.